The second-order valence-corrected chi connectivity index (χ2v) is 9.41. The molecule has 0 aliphatic rings. The molecule has 1 amide bonds. The Labute approximate surface area is 209 Å². The average molecular weight is 491 g/mol. The number of hydrogen-bond acceptors (Lipinski definition) is 4. The van der Waals surface area contributed by atoms with Gasteiger partial charge in [-0.1, -0.05) is 97.0 Å². The van der Waals surface area contributed by atoms with Gasteiger partial charge in [0.25, 0.3) is 0 Å². The van der Waals surface area contributed by atoms with Crippen molar-refractivity contribution < 1.29 is 4.79 Å². The van der Waals surface area contributed by atoms with Crippen molar-refractivity contribution in [2.75, 3.05) is 0 Å². The molecule has 1 atom stereocenters. The number of thioether (sulfide) groups is 1. The number of carbonyl (C=O) groups excluding carboxylic acids is 1. The van der Waals surface area contributed by atoms with Crippen LogP contribution < -0.4 is 5.32 Å². The zero-order valence-corrected chi connectivity index (χ0v) is 20.8. The largest absolute Gasteiger partial charge is 0.348 e. The summed E-state index contributed by atoms with van der Waals surface area (Å²) < 4.78 is 2.00. The lowest BCUT2D eigenvalue weighted by Crippen LogP contribution is -2.29. The number of nitrogens with zero attached hydrogens (tertiary/aromatic N) is 3. The van der Waals surface area contributed by atoms with Gasteiger partial charge in [-0.25, -0.2) is 0 Å². The Morgan fingerprint density at radius 3 is 2.44 bits per heavy atom. The van der Waals surface area contributed by atoms with Gasteiger partial charge in [-0.05, 0) is 42.2 Å². The fourth-order valence-corrected chi connectivity index (χ4v) is 4.93. The predicted octanol–water partition coefficient (Wildman–Crippen LogP) is 6.33. The Bertz CT molecular complexity index is 1240. The summed E-state index contributed by atoms with van der Waals surface area (Å²) in [5.41, 5.74) is 4.17. The first-order valence-electron chi connectivity index (χ1n) is 11.3. The zero-order chi connectivity index (χ0) is 23.9. The van der Waals surface area contributed by atoms with Gasteiger partial charge in [0.05, 0.1) is 18.2 Å². The van der Waals surface area contributed by atoms with Crippen LogP contribution in [0.25, 0.3) is 5.69 Å². The minimum Gasteiger partial charge on any atom is -0.348 e. The number of aromatic nitrogens is 3. The number of hydrogen-bond donors (Lipinski definition) is 1. The molecule has 0 radical (unpaired) electrons. The molecule has 7 heteroatoms. The molecular weight excluding hydrogens is 464 g/mol. The molecular formula is C27H27ClN4OS. The Morgan fingerprint density at radius 2 is 1.74 bits per heavy atom. The van der Waals surface area contributed by atoms with Crippen LogP contribution in [0.3, 0.4) is 0 Å². The average Bonchev–Trinajstić information content (AvgIpc) is 3.27. The molecule has 1 N–H and O–H groups in total. The van der Waals surface area contributed by atoms with Crippen LogP contribution in [0.4, 0.5) is 0 Å². The highest BCUT2D eigenvalue weighted by atomic mass is 35.5. The van der Waals surface area contributed by atoms with Gasteiger partial charge >= 0.3 is 0 Å². The summed E-state index contributed by atoms with van der Waals surface area (Å²) in [5, 5.41) is 13.4. The maximum atomic E-state index is 13.0. The summed E-state index contributed by atoms with van der Waals surface area (Å²) in [6, 6.07) is 25.9. The van der Waals surface area contributed by atoms with Gasteiger partial charge in [0, 0.05) is 10.8 Å². The lowest BCUT2D eigenvalue weighted by Gasteiger charge is -2.17. The fraction of sp³-hybridized carbons (Fsp3) is 0.222. The van der Waals surface area contributed by atoms with Crippen molar-refractivity contribution in [3.8, 4) is 5.69 Å². The van der Waals surface area contributed by atoms with Crippen LogP contribution in [-0.2, 0) is 17.1 Å². The molecule has 1 unspecified atom stereocenters. The second kappa shape index (κ2) is 11.4. The normalized spacial score (nSPS) is 11.9. The summed E-state index contributed by atoms with van der Waals surface area (Å²) >= 11 is 7.94. The second-order valence-electron chi connectivity index (χ2n) is 8.03. The molecule has 34 heavy (non-hydrogen) atoms. The molecule has 0 bridgehead atoms. The molecule has 0 aliphatic carbocycles. The smallest absolute Gasteiger partial charge is 0.227 e. The molecule has 4 aromatic rings. The lowest BCUT2D eigenvalue weighted by molar-refractivity contribution is -0.122. The van der Waals surface area contributed by atoms with Crippen LogP contribution in [-0.4, -0.2) is 20.7 Å². The number of halogens is 1. The SMILES string of the molecule is CCC(C(=O)NCc1nnc(SCc2ccccc2)n1-c1cc(Cl)ccc1C)c1ccccc1. The van der Waals surface area contributed by atoms with Crippen molar-refractivity contribution in [3.63, 3.8) is 0 Å². The van der Waals surface area contributed by atoms with E-state index in [0.29, 0.717) is 17.3 Å². The standard InChI is InChI=1S/C27H27ClN4OS/c1-3-23(21-12-8-5-9-13-21)26(33)29-17-25-30-31-27(34-18-20-10-6-4-7-11-20)32(25)24-16-22(28)15-14-19(24)2/h4-16,23H,3,17-18H2,1-2H3,(H,29,33). The number of nitrogens with one attached hydrogen (secondary N) is 1. The topological polar surface area (TPSA) is 59.8 Å². The number of aryl methyl sites for hydroxylation is 1. The molecule has 0 saturated carbocycles. The number of benzene rings is 3. The van der Waals surface area contributed by atoms with Crippen LogP contribution in [0, 0.1) is 6.92 Å². The van der Waals surface area contributed by atoms with E-state index in [1.54, 1.807) is 11.8 Å². The molecule has 174 valence electrons. The highest BCUT2D eigenvalue weighted by molar-refractivity contribution is 7.98. The molecule has 1 aromatic heterocycles. The Hall–Kier alpha value is -3.09. The molecule has 5 nitrogen and oxygen atoms in total. The van der Waals surface area contributed by atoms with E-state index in [2.05, 4.69) is 27.6 Å². The van der Waals surface area contributed by atoms with Gasteiger partial charge in [-0.3, -0.25) is 9.36 Å². The molecule has 0 spiro atoms. The van der Waals surface area contributed by atoms with E-state index in [-0.39, 0.29) is 18.4 Å². The van der Waals surface area contributed by atoms with Crippen LogP contribution in [0.5, 0.6) is 0 Å². The van der Waals surface area contributed by atoms with Gasteiger partial charge in [0.15, 0.2) is 11.0 Å². The molecule has 4 rings (SSSR count). The van der Waals surface area contributed by atoms with Crippen LogP contribution in [0.1, 0.15) is 41.8 Å². The van der Waals surface area contributed by atoms with Gasteiger partial charge in [-0.2, -0.15) is 0 Å². The number of rotatable bonds is 9. The first-order valence-corrected chi connectivity index (χ1v) is 12.6. The predicted molar refractivity (Wildman–Crippen MR) is 138 cm³/mol. The third kappa shape index (κ3) is 5.69. The highest BCUT2D eigenvalue weighted by Gasteiger charge is 2.21. The summed E-state index contributed by atoms with van der Waals surface area (Å²) in [7, 11) is 0. The molecule has 1 heterocycles. The van der Waals surface area contributed by atoms with Crippen LogP contribution >= 0.6 is 23.4 Å². The Morgan fingerprint density at radius 1 is 1.03 bits per heavy atom. The van der Waals surface area contributed by atoms with Crippen LogP contribution in [0.15, 0.2) is 84.0 Å². The van der Waals surface area contributed by atoms with Crippen molar-refractivity contribution >= 4 is 29.3 Å². The van der Waals surface area contributed by atoms with Crippen molar-refractivity contribution in [1.82, 2.24) is 20.1 Å². The van der Waals surface area contributed by atoms with Crippen molar-refractivity contribution in [2.24, 2.45) is 0 Å². The number of carbonyl (C=O) groups is 1. The fourth-order valence-electron chi connectivity index (χ4n) is 3.84. The minimum absolute atomic E-state index is 0.0236. The van der Waals surface area contributed by atoms with Gasteiger partial charge in [0.2, 0.25) is 5.91 Å². The summed E-state index contributed by atoms with van der Waals surface area (Å²) in [5.74, 6) is 1.19. The first kappa shape index (κ1) is 24.0. The molecule has 3 aromatic carbocycles. The monoisotopic (exact) mass is 490 g/mol. The van der Waals surface area contributed by atoms with Crippen molar-refractivity contribution in [3.05, 3.63) is 106 Å². The summed E-state index contributed by atoms with van der Waals surface area (Å²) in [4.78, 5) is 13.0. The van der Waals surface area contributed by atoms with Crippen molar-refractivity contribution in [2.45, 2.75) is 43.6 Å². The highest BCUT2D eigenvalue weighted by Crippen LogP contribution is 2.29. The van der Waals surface area contributed by atoms with E-state index in [1.165, 1.54) is 5.56 Å². The minimum atomic E-state index is -0.211. The van der Waals surface area contributed by atoms with Crippen molar-refractivity contribution in [1.29, 1.82) is 0 Å². The van der Waals surface area contributed by atoms with Gasteiger partial charge in [0.1, 0.15) is 0 Å². The summed E-state index contributed by atoms with van der Waals surface area (Å²) in [6.45, 7) is 4.32. The zero-order valence-electron chi connectivity index (χ0n) is 19.2. The molecule has 0 aliphatic heterocycles. The van der Waals surface area contributed by atoms with E-state index in [9.17, 15) is 4.79 Å². The van der Waals surface area contributed by atoms with E-state index in [1.807, 2.05) is 85.1 Å². The third-order valence-corrected chi connectivity index (χ3v) is 6.91. The maximum Gasteiger partial charge on any atom is 0.227 e. The Balaban J connectivity index is 1.59. The lowest BCUT2D eigenvalue weighted by atomic mass is 9.96. The van der Waals surface area contributed by atoms with Crippen LogP contribution in [0.2, 0.25) is 5.02 Å². The molecule has 0 saturated heterocycles. The quantitative estimate of drug-likeness (QED) is 0.278. The van der Waals surface area contributed by atoms with E-state index in [4.69, 9.17) is 11.6 Å². The third-order valence-electron chi connectivity index (χ3n) is 5.67. The van der Waals surface area contributed by atoms with Gasteiger partial charge in [-0.15, -0.1) is 10.2 Å². The maximum absolute atomic E-state index is 13.0. The number of amides is 1. The van der Waals surface area contributed by atoms with E-state index in [0.717, 1.165) is 27.7 Å². The van der Waals surface area contributed by atoms with Gasteiger partial charge < -0.3 is 5.32 Å². The summed E-state index contributed by atoms with van der Waals surface area (Å²) in [6.07, 6.45) is 0.716. The Kier molecular flexibility index (Phi) is 8.03. The van der Waals surface area contributed by atoms with E-state index < -0.39 is 0 Å². The molecule has 0 fully saturated rings. The van der Waals surface area contributed by atoms with E-state index >= 15 is 0 Å². The first-order chi connectivity index (χ1) is 16.6.